The van der Waals surface area contributed by atoms with Crippen molar-refractivity contribution in [3.8, 4) is 0 Å². The number of esters is 1. The highest BCUT2D eigenvalue weighted by atomic mass is 16.6. The predicted octanol–water partition coefficient (Wildman–Crippen LogP) is 6.29. The number of aliphatic hydroxyl groups is 3. The molecule has 0 aromatic rings. The summed E-state index contributed by atoms with van der Waals surface area (Å²) >= 11 is 0. The van der Waals surface area contributed by atoms with Crippen molar-refractivity contribution < 1.29 is 29.6 Å². The predicted molar refractivity (Wildman–Crippen MR) is 154 cm³/mol. The average molecular weight is 549 g/mol. The van der Waals surface area contributed by atoms with Crippen molar-refractivity contribution in [2.75, 3.05) is 6.61 Å². The van der Waals surface area contributed by atoms with Gasteiger partial charge < -0.3 is 20.1 Å². The van der Waals surface area contributed by atoms with Gasteiger partial charge in [0, 0.05) is 49.4 Å². The molecule has 0 saturated heterocycles. The molecule has 6 heteroatoms. The fraction of sp³-hybridized carbons (Fsp3) is 0.879. The Kier molecular flexibility index (Phi) is 11.3. The van der Waals surface area contributed by atoms with E-state index in [1.165, 1.54) is 58.3 Å². The van der Waals surface area contributed by atoms with Crippen LogP contribution in [0.5, 0.6) is 0 Å². The lowest BCUT2D eigenvalue weighted by Gasteiger charge is -2.50. The van der Waals surface area contributed by atoms with E-state index in [1.54, 1.807) is 0 Å². The molecular formula is C33H56O6. The number of unbranched alkanes of at least 4 members (excludes halogenated alkanes) is 10. The number of hydrogen-bond acceptors (Lipinski definition) is 6. The largest absolute Gasteiger partial charge is 0.458 e. The summed E-state index contributed by atoms with van der Waals surface area (Å²) in [4.78, 5) is 25.7. The Morgan fingerprint density at radius 1 is 1.00 bits per heavy atom. The van der Waals surface area contributed by atoms with Gasteiger partial charge in [-0.25, -0.2) is 0 Å². The van der Waals surface area contributed by atoms with E-state index < -0.39 is 22.7 Å². The maximum Gasteiger partial charge on any atom is 0.303 e. The topological polar surface area (TPSA) is 104 Å². The standard InChI is InChI=1S/C33H56O6/c1-6-7-8-9-10-11-12-13-14-15-16-17-26(36)20-28-23(2)32(38)21-27(37)18-25(22-34)19-29(32)30-31(4,5)33(28,30)39-24(3)35/h19,23,27-30,34,37-38H,6-18,20-22H2,1-5H3/t23-,27?,28-,29+,30-,32-,33+/m1/s1. The quantitative estimate of drug-likeness (QED) is 0.119. The molecule has 0 heterocycles. The van der Waals surface area contributed by atoms with Gasteiger partial charge in [-0.3, -0.25) is 9.59 Å². The van der Waals surface area contributed by atoms with Gasteiger partial charge in [0.15, 0.2) is 0 Å². The molecule has 0 amide bonds. The summed E-state index contributed by atoms with van der Waals surface area (Å²) < 4.78 is 6.14. The first-order valence-electron chi connectivity index (χ1n) is 15.9. The normalized spacial score (nSPS) is 34.9. The van der Waals surface area contributed by atoms with Gasteiger partial charge in [-0.15, -0.1) is 0 Å². The summed E-state index contributed by atoms with van der Waals surface area (Å²) in [5, 5.41) is 32.7. The lowest BCUT2D eigenvalue weighted by atomic mass is 9.60. The third-order valence-corrected chi connectivity index (χ3v) is 10.5. The number of aliphatic hydroxyl groups excluding tert-OH is 2. The molecule has 1 unspecified atom stereocenters. The monoisotopic (exact) mass is 548 g/mol. The number of Topliss-reactive ketones (excluding diaryl/α,β-unsaturated/α-hetero) is 1. The molecule has 3 N–H and O–H groups in total. The van der Waals surface area contributed by atoms with Gasteiger partial charge in [0.05, 0.1) is 18.3 Å². The van der Waals surface area contributed by atoms with Crippen molar-refractivity contribution in [1.29, 1.82) is 0 Å². The van der Waals surface area contributed by atoms with Gasteiger partial charge >= 0.3 is 5.97 Å². The SMILES string of the molecule is CCCCCCCCCCCCCC(=O)C[C@@H]1[C@@H](C)[C@]2(O)CC(O)CC(CO)=C[C@H]2[C@@H]2C(C)(C)[C@]12OC(C)=O. The third-order valence-electron chi connectivity index (χ3n) is 10.5. The van der Waals surface area contributed by atoms with Crippen LogP contribution < -0.4 is 0 Å². The molecule has 0 bridgehead atoms. The number of ketones is 1. The first-order chi connectivity index (χ1) is 18.5. The Hall–Kier alpha value is -1.24. The number of carbonyl (C=O) groups is 2. The van der Waals surface area contributed by atoms with E-state index in [9.17, 15) is 24.9 Å². The van der Waals surface area contributed by atoms with Crippen LogP contribution in [0.25, 0.3) is 0 Å². The summed E-state index contributed by atoms with van der Waals surface area (Å²) in [7, 11) is 0. The zero-order valence-electron chi connectivity index (χ0n) is 25.3. The smallest absolute Gasteiger partial charge is 0.303 e. The minimum atomic E-state index is -1.24. The second kappa shape index (κ2) is 13.6. The van der Waals surface area contributed by atoms with Gasteiger partial charge in [0.1, 0.15) is 11.4 Å². The van der Waals surface area contributed by atoms with E-state index in [4.69, 9.17) is 4.74 Å². The van der Waals surface area contributed by atoms with E-state index in [0.717, 1.165) is 19.3 Å². The Balaban J connectivity index is 1.62. The molecule has 2 fully saturated rings. The van der Waals surface area contributed by atoms with Crippen LogP contribution in [0.1, 0.15) is 131 Å². The van der Waals surface area contributed by atoms with Crippen LogP contribution >= 0.6 is 0 Å². The molecule has 2 saturated carbocycles. The van der Waals surface area contributed by atoms with Crippen molar-refractivity contribution in [2.24, 2.45) is 29.1 Å². The van der Waals surface area contributed by atoms with Crippen molar-refractivity contribution in [1.82, 2.24) is 0 Å². The van der Waals surface area contributed by atoms with Crippen LogP contribution in [0.3, 0.4) is 0 Å². The molecule has 0 spiro atoms. The van der Waals surface area contributed by atoms with E-state index in [1.807, 2.05) is 13.0 Å². The van der Waals surface area contributed by atoms with E-state index in [-0.39, 0.29) is 54.9 Å². The van der Waals surface area contributed by atoms with Crippen molar-refractivity contribution >= 4 is 11.8 Å². The van der Waals surface area contributed by atoms with Crippen LogP contribution in [0, 0.1) is 29.1 Å². The van der Waals surface area contributed by atoms with Gasteiger partial charge in [-0.2, -0.15) is 0 Å². The summed E-state index contributed by atoms with van der Waals surface area (Å²) in [5.74, 6) is -1.42. The lowest BCUT2D eigenvalue weighted by Crippen LogP contribution is -2.57. The fourth-order valence-electron chi connectivity index (χ4n) is 8.46. The first kappa shape index (κ1) is 32.3. The third kappa shape index (κ3) is 6.81. The minimum absolute atomic E-state index is 0.165. The van der Waals surface area contributed by atoms with E-state index in [2.05, 4.69) is 20.8 Å². The molecule has 0 aromatic carbocycles. The summed E-state index contributed by atoms with van der Waals surface area (Å²) in [5.41, 5.74) is -1.80. The van der Waals surface area contributed by atoms with E-state index in [0.29, 0.717) is 18.4 Å². The number of hydrogen-bond donors (Lipinski definition) is 3. The van der Waals surface area contributed by atoms with Crippen molar-refractivity contribution in [3.05, 3.63) is 11.6 Å². The highest BCUT2D eigenvalue weighted by Gasteiger charge is 2.84. The molecule has 0 aromatic heterocycles. The van der Waals surface area contributed by atoms with Gasteiger partial charge in [0.25, 0.3) is 0 Å². The Morgan fingerprint density at radius 3 is 2.10 bits per heavy atom. The molecule has 0 radical (unpaired) electrons. The second-order valence-electron chi connectivity index (χ2n) is 13.6. The van der Waals surface area contributed by atoms with Crippen LogP contribution in [-0.4, -0.2) is 51.0 Å². The molecule has 6 nitrogen and oxygen atoms in total. The fourth-order valence-corrected chi connectivity index (χ4v) is 8.46. The number of ether oxygens (including phenoxy) is 1. The molecule has 3 rings (SSSR count). The second-order valence-corrected chi connectivity index (χ2v) is 13.6. The Labute approximate surface area is 237 Å². The van der Waals surface area contributed by atoms with Gasteiger partial charge in [-0.1, -0.05) is 98.0 Å². The number of fused-ring (bicyclic) bond motifs is 3. The van der Waals surface area contributed by atoms with Crippen LogP contribution in [0.4, 0.5) is 0 Å². The first-order valence-corrected chi connectivity index (χ1v) is 15.9. The molecule has 3 aliphatic carbocycles. The van der Waals surface area contributed by atoms with Gasteiger partial charge in [0.2, 0.25) is 0 Å². The molecular weight excluding hydrogens is 492 g/mol. The molecule has 0 aliphatic heterocycles. The maximum atomic E-state index is 13.3. The average Bonchev–Trinajstić information content (AvgIpc) is 3.39. The Morgan fingerprint density at radius 2 is 1.56 bits per heavy atom. The number of carbonyl (C=O) groups excluding carboxylic acids is 2. The van der Waals surface area contributed by atoms with Crippen molar-refractivity contribution in [2.45, 2.75) is 148 Å². The highest BCUT2D eigenvalue weighted by Crippen LogP contribution is 2.77. The molecule has 224 valence electrons. The molecule has 39 heavy (non-hydrogen) atoms. The summed E-state index contributed by atoms with van der Waals surface area (Å²) in [6.45, 7) is 9.57. The number of rotatable bonds is 16. The summed E-state index contributed by atoms with van der Waals surface area (Å²) in [6.07, 6.45) is 16.0. The van der Waals surface area contributed by atoms with Crippen molar-refractivity contribution in [3.63, 3.8) is 0 Å². The minimum Gasteiger partial charge on any atom is -0.458 e. The van der Waals surface area contributed by atoms with Crippen LogP contribution in [0.15, 0.2) is 11.6 Å². The molecule has 3 aliphatic rings. The summed E-state index contributed by atoms with van der Waals surface area (Å²) in [6, 6.07) is 0. The van der Waals surface area contributed by atoms with Crippen LogP contribution in [-0.2, 0) is 14.3 Å². The maximum absolute atomic E-state index is 13.3. The highest BCUT2D eigenvalue weighted by molar-refractivity contribution is 5.79. The van der Waals surface area contributed by atoms with Crippen LogP contribution in [0.2, 0.25) is 0 Å². The Bertz CT molecular complexity index is 864. The zero-order chi connectivity index (χ0) is 28.8. The molecule has 7 atom stereocenters. The van der Waals surface area contributed by atoms with E-state index >= 15 is 0 Å². The lowest BCUT2D eigenvalue weighted by molar-refractivity contribution is -0.185. The van der Waals surface area contributed by atoms with Gasteiger partial charge in [-0.05, 0) is 24.3 Å². The zero-order valence-corrected chi connectivity index (χ0v) is 25.3.